The summed E-state index contributed by atoms with van der Waals surface area (Å²) in [7, 11) is 1.27. The number of esters is 1. The van der Waals surface area contributed by atoms with Crippen LogP contribution < -0.4 is 0 Å². The quantitative estimate of drug-likeness (QED) is 0.561. The van der Waals surface area contributed by atoms with Crippen molar-refractivity contribution < 1.29 is 24.5 Å². The average molecular weight is 418 g/mol. The van der Waals surface area contributed by atoms with Gasteiger partial charge in [0.1, 0.15) is 6.04 Å². The molecule has 1 aromatic heterocycles. The van der Waals surface area contributed by atoms with Crippen LogP contribution in [0.25, 0.3) is 11.6 Å². The number of fused-ring (bicyclic) bond motifs is 1. The Kier molecular flexibility index (Phi) is 5.48. The highest BCUT2D eigenvalue weighted by atomic mass is 32.1. The molecule has 0 saturated carbocycles. The second-order valence-corrected chi connectivity index (χ2v) is 8.16. The number of carboxylic acid groups (broad SMARTS) is 1. The Labute approximate surface area is 170 Å². The first-order valence-corrected chi connectivity index (χ1v) is 9.64. The number of carboxylic acids is 1. The van der Waals surface area contributed by atoms with Crippen molar-refractivity contribution in [1.82, 2.24) is 4.57 Å². The smallest absolute Gasteiger partial charge is 0.357 e. The first-order chi connectivity index (χ1) is 13.3. The zero-order chi connectivity index (χ0) is 20.6. The third-order valence-electron chi connectivity index (χ3n) is 4.34. The molecule has 0 amide bonds. The number of benzene rings is 1. The highest BCUT2D eigenvalue weighted by Gasteiger charge is 2.30. The maximum absolute atomic E-state index is 12.2. The van der Waals surface area contributed by atoms with Gasteiger partial charge in [-0.15, -0.1) is 11.3 Å². The molecule has 1 aromatic carbocycles. The molecule has 28 heavy (non-hydrogen) atoms. The van der Waals surface area contributed by atoms with Gasteiger partial charge in [-0.2, -0.15) is 0 Å². The van der Waals surface area contributed by atoms with E-state index in [4.69, 9.17) is 17.0 Å². The van der Waals surface area contributed by atoms with Crippen LogP contribution >= 0.6 is 23.6 Å². The lowest BCUT2D eigenvalue weighted by Gasteiger charge is -2.18. The van der Waals surface area contributed by atoms with Crippen LogP contribution in [-0.2, 0) is 14.3 Å². The zero-order valence-electron chi connectivity index (χ0n) is 15.4. The minimum Gasteiger partial charge on any atom is -0.493 e. The van der Waals surface area contributed by atoms with Crippen molar-refractivity contribution in [2.75, 3.05) is 7.11 Å². The molecule has 9 heteroatoms. The summed E-state index contributed by atoms with van der Waals surface area (Å²) >= 11 is 6.37. The van der Waals surface area contributed by atoms with E-state index in [1.165, 1.54) is 11.7 Å². The lowest BCUT2D eigenvalue weighted by molar-refractivity contribution is -0.142. The Balaban J connectivity index is 2.17. The number of hydrogen-bond donors (Lipinski definition) is 2. The Bertz CT molecular complexity index is 1080. The molecule has 0 radical (unpaired) electrons. The summed E-state index contributed by atoms with van der Waals surface area (Å²) in [6.45, 7) is 3.48. The molecule has 0 fully saturated rings. The second-order valence-electron chi connectivity index (χ2n) is 6.48. The Hall–Kier alpha value is -2.78. The molecule has 1 aliphatic heterocycles. The third-order valence-corrected chi connectivity index (χ3v) is 5.68. The van der Waals surface area contributed by atoms with E-state index in [1.807, 2.05) is 12.1 Å². The van der Waals surface area contributed by atoms with Crippen molar-refractivity contribution in [2.24, 2.45) is 10.9 Å². The number of aliphatic imine (C=N–C) groups is 1. The van der Waals surface area contributed by atoms with Gasteiger partial charge in [0.15, 0.2) is 9.67 Å². The maximum Gasteiger partial charge on any atom is 0.357 e. The van der Waals surface area contributed by atoms with Crippen molar-refractivity contribution >= 4 is 58.5 Å². The van der Waals surface area contributed by atoms with Gasteiger partial charge in [-0.25, -0.2) is 14.6 Å². The maximum atomic E-state index is 12.2. The number of rotatable bonds is 5. The average Bonchev–Trinajstić information content (AvgIpc) is 3.14. The summed E-state index contributed by atoms with van der Waals surface area (Å²) in [5.74, 6) is -2.22. The van der Waals surface area contributed by atoms with Gasteiger partial charge in [-0.3, -0.25) is 4.57 Å². The van der Waals surface area contributed by atoms with Crippen LogP contribution in [0.1, 0.15) is 30.3 Å². The van der Waals surface area contributed by atoms with Crippen molar-refractivity contribution in [3.63, 3.8) is 0 Å². The molecule has 1 aliphatic rings. The molecule has 0 aliphatic carbocycles. The van der Waals surface area contributed by atoms with Gasteiger partial charge >= 0.3 is 11.9 Å². The number of thiazole rings is 1. The summed E-state index contributed by atoms with van der Waals surface area (Å²) in [6, 6.07) is 6.20. The van der Waals surface area contributed by atoms with E-state index in [-0.39, 0.29) is 21.5 Å². The first-order valence-electron chi connectivity index (χ1n) is 8.41. The van der Waals surface area contributed by atoms with E-state index in [9.17, 15) is 19.8 Å². The van der Waals surface area contributed by atoms with Gasteiger partial charge in [0.25, 0.3) is 0 Å². The van der Waals surface area contributed by atoms with Gasteiger partial charge in [-0.05, 0) is 30.3 Å². The SMILES string of the molecule is COC(=O)C1=Nc2ccccc2C1=Cc1sc(=S)n([C@H](C(=O)O)C(C)C)c1O. The van der Waals surface area contributed by atoms with Gasteiger partial charge in [-0.1, -0.05) is 32.0 Å². The van der Waals surface area contributed by atoms with Crippen LogP contribution in [0.4, 0.5) is 5.69 Å². The number of nitrogens with zero attached hydrogens (tertiary/aromatic N) is 2. The summed E-state index contributed by atoms with van der Waals surface area (Å²) in [4.78, 5) is 28.5. The largest absolute Gasteiger partial charge is 0.493 e. The predicted molar refractivity (Wildman–Crippen MR) is 110 cm³/mol. The Morgan fingerprint density at radius 2 is 2.00 bits per heavy atom. The number of carbonyl (C=O) groups is 2. The number of aliphatic carboxylic acids is 1. The van der Waals surface area contributed by atoms with Crippen LogP contribution in [-0.4, -0.2) is 39.5 Å². The van der Waals surface area contributed by atoms with Gasteiger partial charge in [0, 0.05) is 11.1 Å². The number of carbonyl (C=O) groups excluding carboxylic acids is 1. The van der Waals surface area contributed by atoms with Crippen LogP contribution in [0.15, 0.2) is 29.3 Å². The Morgan fingerprint density at radius 3 is 2.61 bits per heavy atom. The minimum absolute atomic E-state index is 0.118. The van der Waals surface area contributed by atoms with Gasteiger partial charge in [0.2, 0.25) is 5.88 Å². The molecule has 1 atom stereocenters. The third kappa shape index (κ3) is 3.38. The van der Waals surface area contributed by atoms with Crippen molar-refractivity contribution in [3.8, 4) is 5.88 Å². The number of para-hydroxylation sites is 1. The van der Waals surface area contributed by atoms with Crippen LogP contribution in [0, 0.1) is 9.87 Å². The molecule has 0 spiro atoms. The number of ether oxygens (including phenoxy) is 1. The molecule has 0 unspecified atom stereocenters. The zero-order valence-corrected chi connectivity index (χ0v) is 17.0. The van der Waals surface area contributed by atoms with E-state index < -0.39 is 18.0 Å². The first kappa shape index (κ1) is 20.0. The molecule has 0 saturated heterocycles. The lowest BCUT2D eigenvalue weighted by atomic mass is 10.0. The van der Waals surface area contributed by atoms with Crippen molar-refractivity contribution in [1.29, 1.82) is 0 Å². The molecular weight excluding hydrogens is 400 g/mol. The summed E-state index contributed by atoms with van der Waals surface area (Å²) in [5.41, 5.74) is 1.93. The van der Waals surface area contributed by atoms with Crippen LogP contribution in [0.5, 0.6) is 5.88 Å². The van der Waals surface area contributed by atoms with E-state index in [0.29, 0.717) is 21.7 Å². The monoisotopic (exact) mass is 418 g/mol. The van der Waals surface area contributed by atoms with E-state index in [1.54, 1.807) is 32.1 Å². The fraction of sp³-hybridized carbons (Fsp3) is 0.263. The molecule has 2 aromatic rings. The summed E-state index contributed by atoms with van der Waals surface area (Å²) in [5, 5.41) is 20.3. The number of hydrogen-bond acceptors (Lipinski definition) is 7. The topological polar surface area (TPSA) is 101 Å². The Morgan fingerprint density at radius 1 is 1.32 bits per heavy atom. The minimum atomic E-state index is -1.08. The molecule has 3 rings (SSSR count). The number of methoxy groups -OCH3 is 1. The summed E-state index contributed by atoms with van der Waals surface area (Å²) in [6.07, 6.45) is 1.59. The van der Waals surface area contributed by atoms with Crippen LogP contribution in [0.2, 0.25) is 0 Å². The fourth-order valence-electron chi connectivity index (χ4n) is 3.06. The molecule has 146 valence electrons. The van der Waals surface area contributed by atoms with Gasteiger partial charge in [0.05, 0.1) is 17.7 Å². The molecule has 2 N–H and O–H groups in total. The molecule has 7 nitrogen and oxygen atoms in total. The van der Waals surface area contributed by atoms with E-state index >= 15 is 0 Å². The highest BCUT2D eigenvalue weighted by molar-refractivity contribution is 7.73. The summed E-state index contributed by atoms with van der Waals surface area (Å²) < 4.78 is 6.28. The molecule has 0 bridgehead atoms. The number of aromatic nitrogens is 1. The molecule has 2 heterocycles. The van der Waals surface area contributed by atoms with Crippen LogP contribution in [0.3, 0.4) is 0 Å². The van der Waals surface area contributed by atoms with Gasteiger partial charge < -0.3 is 14.9 Å². The van der Waals surface area contributed by atoms with Crippen molar-refractivity contribution in [3.05, 3.63) is 38.7 Å². The highest BCUT2D eigenvalue weighted by Crippen LogP contribution is 2.40. The normalized spacial score (nSPS) is 15.4. The van der Waals surface area contributed by atoms with Crippen molar-refractivity contribution in [2.45, 2.75) is 19.9 Å². The standard InChI is InChI=1S/C19H18N2O5S2/c1-9(2)15(17(23)24)21-16(22)13(28-19(21)27)8-11-10-6-4-5-7-12(10)20-14(11)18(25)26-3/h4-9,15,22H,1-3H3,(H,23,24)/t15-/m0/s1. The van der Waals surface area contributed by atoms with E-state index in [0.717, 1.165) is 11.3 Å². The number of aromatic hydroxyl groups is 1. The fourth-order valence-corrected chi connectivity index (χ4v) is 4.39. The predicted octanol–water partition coefficient (Wildman–Crippen LogP) is 4.07. The van der Waals surface area contributed by atoms with E-state index in [2.05, 4.69) is 4.99 Å². The lowest BCUT2D eigenvalue weighted by Crippen LogP contribution is -2.23. The second kappa shape index (κ2) is 7.69. The molecular formula is C19H18N2O5S2.